The van der Waals surface area contributed by atoms with Gasteiger partial charge < -0.3 is 10.2 Å². The van der Waals surface area contributed by atoms with Gasteiger partial charge in [0.15, 0.2) is 0 Å². The third-order valence-electron chi connectivity index (χ3n) is 1.76. The van der Waals surface area contributed by atoms with Gasteiger partial charge in [-0.1, -0.05) is 6.92 Å². The first-order valence-electron chi connectivity index (χ1n) is 4.15. The summed E-state index contributed by atoms with van der Waals surface area (Å²) < 4.78 is 53.5. The average molecular weight is 227 g/mol. The second-order valence-electron chi connectivity index (χ2n) is 2.88. The standard InChI is InChI=1S/C7H9F4N3O/c1-2-3(12)4-13-14-6(15-4)7(10,11)5(8)9/h3,5H,2,12H2,1H3. The summed E-state index contributed by atoms with van der Waals surface area (Å²) in [6, 6.07) is -0.722. The molecule has 1 heterocycles. The molecule has 0 aliphatic rings. The summed E-state index contributed by atoms with van der Waals surface area (Å²) in [6.45, 7) is 1.67. The van der Waals surface area contributed by atoms with E-state index in [1.54, 1.807) is 6.92 Å². The predicted molar refractivity (Wildman–Crippen MR) is 41.4 cm³/mol. The van der Waals surface area contributed by atoms with Gasteiger partial charge in [0.05, 0.1) is 6.04 Å². The van der Waals surface area contributed by atoms with Crippen LogP contribution in [0.3, 0.4) is 0 Å². The Labute approximate surface area is 82.5 Å². The molecule has 0 saturated carbocycles. The van der Waals surface area contributed by atoms with E-state index in [-0.39, 0.29) is 5.89 Å². The molecule has 4 nitrogen and oxygen atoms in total. The lowest BCUT2D eigenvalue weighted by molar-refractivity contribution is -0.151. The molecule has 0 fully saturated rings. The maximum atomic E-state index is 12.7. The minimum absolute atomic E-state index is 0.271. The Morgan fingerprint density at radius 1 is 1.40 bits per heavy atom. The SMILES string of the molecule is CCC(N)c1nnc(C(F)(F)C(F)F)o1. The molecular formula is C7H9F4N3O. The van der Waals surface area contributed by atoms with Crippen LogP contribution in [0, 0.1) is 0 Å². The number of halogens is 4. The van der Waals surface area contributed by atoms with E-state index in [4.69, 9.17) is 5.73 Å². The van der Waals surface area contributed by atoms with Crippen LogP contribution in [-0.2, 0) is 5.92 Å². The number of nitrogens with zero attached hydrogens (tertiary/aromatic N) is 2. The van der Waals surface area contributed by atoms with Gasteiger partial charge >= 0.3 is 12.3 Å². The molecule has 0 aliphatic carbocycles. The smallest absolute Gasteiger partial charge is 0.382 e. The van der Waals surface area contributed by atoms with Gasteiger partial charge in [0.1, 0.15) is 0 Å². The highest BCUT2D eigenvalue weighted by Gasteiger charge is 2.48. The van der Waals surface area contributed by atoms with Gasteiger partial charge in [0.25, 0.3) is 5.89 Å². The van der Waals surface area contributed by atoms with E-state index < -0.39 is 24.3 Å². The molecule has 1 unspecified atom stereocenters. The molecule has 0 radical (unpaired) electrons. The van der Waals surface area contributed by atoms with Crippen molar-refractivity contribution in [2.45, 2.75) is 31.7 Å². The van der Waals surface area contributed by atoms with E-state index in [1.807, 2.05) is 0 Å². The first-order valence-corrected chi connectivity index (χ1v) is 4.15. The van der Waals surface area contributed by atoms with Gasteiger partial charge in [-0.05, 0) is 6.42 Å². The van der Waals surface area contributed by atoms with E-state index in [1.165, 1.54) is 0 Å². The van der Waals surface area contributed by atoms with Crippen LogP contribution in [0.1, 0.15) is 31.2 Å². The molecule has 0 bridgehead atoms. The first kappa shape index (κ1) is 11.9. The van der Waals surface area contributed by atoms with Gasteiger partial charge in [0, 0.05) is 0 Å². The number of hydrogen-bond donors (Lipinski definition) is 1. The van der Waals surface area contributed by atoms with Crippen LogP contribution in [0.4, 0.5) is 17.6 Å². The molecule has 0 aliphatic heterocycles. The summed E-state index contributed by atoms with van der Waals surface area (Å²) in [4.78, 5) is 0. The normalized spacial score (nSPS) is 14.6. The molecule has 2 N–H and O–H groups in total. The number of rotatable bonds is 4. The van der Waals surface area contributed by atoms with Crippen LogP contribution in [-0.4, -0.2) is 16.6 Å². The topological polar surface area (TPSA) is 64.9 Å². The minimum atomic E-state index is -4.43. The van der Waals surface area contributed by atoms with Gasteiger partial charge in [0.2, 0.25) is 5.89 Å². The predicted octanol–water partition coefficient (Wildman–Crippen LogP) is 1.84. The zero-order valence-corrected chi connectivity index (χ0v) is 7.75. The van der Waals surface area contributed by atoms with Crippen LogP contribution in [0.15, 0.2) is 4.42 Å². The van der Waals surface area contributed by atoms with Crippen molar-refractivity contribution in [1.29, 1.82) is 0 Å². The lowest BCUT2D eigenvalue weighted by atomic mass is 10.2. The first-order chi connectivity index (χ1) is 6.89. The Balaban J connectivity index is 2.93. The number of nitrogens with two attached hydrogens (primary N) is 1. The molecule has 1 aromatic rings. The largest absolute Gasteiger partial charge is 0.418 e. The van der Waals surface area contributed by atoms with Gasteiger partial charge in [-0.3, -0.25) is 0 Å². The van der Waals surface area contributed by atoms with Crippen molar-refractivity contribution < 1.29 is 22.0 Å². The van der Waals surface area contributed by atoms with E-state index in [0.717, 1.165) is 0 Å². The Morgan fingerprint density at radius 3 is 2.47 bits per heavy atom. The average Bonchev–Trinajstić information content (AvgIpc) is 2.65. The molecule has 15 heavy (non-hydrogen) atoms. The fraction of sp³-hybridized carbons (Fsp3) is 0.714. The van der Waals surface area contributed by atoms with Gasteiger partial charge in [-0.15, -0.1) is 10.2 Å². The minimum Gasteiger partial charge on any atom is -0.418 e. The van der Waals surface area contributed by atoms with Crippen LogP contribution in [0.5, 0.6) is 0 Å². The van der Waals surface area contributed by atoms with Crippen molar-refractivity contribution in [3.8, 4) is 0 Å². The van der Waals surface area contributed by atoms with Crippen LogP contribution in [0.25, 0.3) is 0 Å². The molecular weight excluding hydrogens is 218 g/mol. The van der Waals surface area contributed by atoms with Crippen LogP contribution >= 0.6 is 0 Å². The molecule has 1 atom stereocenters. The third-order valence-corrected chi connectivity index (χ3v) is 1.76. The maximum Gasteiger partial charge on any atom is 0.382 e. The highest BCUT2D eigenvalue weighted by atomic mass is 19.3. The lowest BCUT2D eigenvalue weighted by Gasteiger charge is -2.09. The van der Waals surface area contributed by atoms with E-state index in [2.05, 4.69) is 14.6 Å². The van der Waals surface area contributed by atoms with Gasteiger partial charge in [-0.2, -0.15) is 8.78 Å². The van der Waals surface area contributed by atoms with Crippen molar-refractivity contribution in [3.63, 3.8) is 0 Å². The zero-order chi connectivity index (χ0) is 11.6. The van der Waals surface area contributed by atoms with Crippen molar-refractivity contribution in [2.75, 3.05) is 0 Å². The third kappa shape index (κ3) is 2.25. The Hall–Kier alpha value is -1.18. The van der Waals surface area contributed by atoms with Crippen molar-refractivity contribution in [1.82, 2.24) is 10.2 Å². The Morgan fingerprint density at radius 2 is 2.00 bits per heavy atom. The van der Waals surface area contributed by atoms with Crippen molar-refractivity contribution in [2.24, 2.45) is 5.73 Å². The van der Waals surface area contributed by atoms with Gasteiger partial charge in [-0.25, -0.2) is 8.78 Å². The van der Waals surface area contributed by atoms with E-state index in [9.17, 15) is 17.6 Å². The summed E-state index contributed by atoms with van der Waals surface area (Å²) in [5.41, 5.74) is 5.40. The summed E-state index contributed by atoms with van der Waals surface area (Å²) in [5.74, 6) is -6.11. The number of alkyl halides is 4. The monoisotopic (exact) mass is 227 g/mol. The summed E-state index contributed by atoms with van der Waals surface area (Å²) in [6.07, 6.45) is -3.51. The Bertz CT molecular complexity index is 328. The molecule has 86 valence electrons. The zero-order valence-electron chi connectivity index (χ0n) is 7.75. The van der Waals surface area contributed by atoms with Crippen LogP contribution < -0.4 is 5.73 Å². The quantitative estimate of drug-likeness (QED) is 0.797. The molecule has 0 amide bonds. The molecule has 1 rings (SSSR count). The fourth-order valence-corrected chi connectivity index (χ4v) is 0.787. The highest BCUT2D eigenvalue weighted by molar-refractivity contribution is 4.95. The molecule has 0 aromatic carbocycles. The number of hydrogen-bond acceptors (Lipinski definition) is 4. The second-order valence-corrected chi connectivity index (χ2v) is 2.88. The molecule has 0 spiro atoms. The molecule has 0 saturated heterocycles. The summed E-state index contributed by atoms with van der Waals surface area (Å²) >= 11 is 0. The summed E-state index contributed by atoms with van der Waals surface area (Å²) in [7, 11) is 0. The maximum absolute atomic E-state index is 12.7. The molecule has 1 aromatic heterocycles. The highest BCUT2D eigenvalue weighted by Crippen LogP contribution is 2.33. The summed E-state index contributed by atoms with van der Waals surface area (Å²) in [5, 5.41) is 6.03. The second kappa shape index (κ2) is 4.13. The molecule has 8 heteroatoms. The van der Waals surface area contributed by atoms with Crippen molar-refractivity contribution >= 4 is 0 Å². The fourth-order valence-electron chi connectivity index (χ4n) is 0.787. The lowest BCUT2D eigenvalue weighted by Crippen LogP contribution is -2.24. The van der Waals surface area contributed by atoms with Crippen LogP contribution in [0.2, 0.25) is 0 Å². The van der Waals surface area contributed by atoms with Crippen molar-refractivity contribution in [3.05, 3.63) is 11.8 Å². The Kier molecular flexibility index (Phi) is 3.28. The van der Waals surface area contributed by atoms with E-state index in [0.29, 0.717) is 6.42 Å². The number of aromatic nitrogens is 2. The van der Waals surface area contributed by atoms with E-state index >= 15 is 0 Å².